The number of hydrogen-bond acceptors (Lipinski definition) is 3. The Balaban J connectivity index is 1.25. The fourth-order valence-corrected chi connectivity index (χ4v) is 4.16. The maximum absolute atomic E-state index is 12.8. The van der Waals surface area contributed by atoms with Crippen LogP contribution in [-0.4, -0.2) is 57.4 Å². The highest BCUT2D eigenvalue weighted by Crippen LogP contribution is 2.32. The van der Waals surface area contributed by atoms with Gasteiger partial charge in [-0.25, -0.2) is 0 Å². The molecule has 6 heteroatoms. The van der Waals surface area contributed by atoms with Crippen LogP contribution in [0.25, 0.3) is 0 Å². The van der Waals surface area contributed by atoms with Gasteiger partial charge in [0, 0.05) is 12.6 Å². The predicted molar refractivity (Wildman–Crippen MR) is 110 cm³/mol. The van der Waals surface area contributed by atoms with E-state index >= 15 is 0 Å². The standard InChI is InChI=1S/C23H29N3O3/c1-18(20-6-4-3-5-7-20)24(2)23(27)16-26-12-10-25(11-13-26)15-19-8-9-21-22(14-19)29-17-28-21/h3-9,14,18H,10-13,15-17H2,1-2H3/p+2/t18-/m1/s1. The van der Waals surface area contributed by atoms with Crippen molar-refractivity contribution >= 4 is 5.91 Å². The number of rotatable bonds is 6. The van der Waals surface area contributed by atoms with Crippen LogP contribution in [0.1, 0.15) is 24.1 Å². The molecular formula is C23H31N3O3+2. The first-order chi connectivity index (χ1) is 14.1. The summed E-state index contributed by atoms with van der Waals surface area (Å²) < 4.78 is 10.9. The smallest absolute Gasteiger partial charge is 0.278 e. The Kier molecular flexibility index (Phi) is 6.02. The SMILES string of the molecule is C[C@H](c1ccccc1)N(C)C(=O)C[NH+]1CC[NH+](Cc2ccc3c(c2)OCO3)CC1. The quantitative estimate of drug-likeness (QED) is 0.717. The van der Waals surface area contributed by atoms with Crippen molar-refractivity contribution in [3.05, 3.63) is 59.7 Å². The second kappa shape index (κ2) is 8.84. The molecule has 2 heterocycles. The molecule has 2 aromatic rings. The summed E-state index contributed by atoms with van der Waals surface area (Å²) >= 11 is 0. The molecule has 1 saturated heterocycles. The van der Waals surface area contributed by atoms with Crippen LogP contribution in [-0.2, 0) is 11.3 Å². The first-order valence-electron chi connectivity index (χ1n) is 10.5. The topological polar surface area (TPSA) is 47.7 Å². The van der Waals surface area contributed by atoms with Gasteiger partial charge in [0.15, 0.2) is 18.0 Å². The normalized spacial score (nSPS) is 21.6. The summed E-state index contributed by atoms with van der Waals surface area (Å²) in [5.41, 5.74) is 2.46. The monoisotopic (exact) mass is 397 g/mol. The fourth-order valence-electron chi connectivity index (χ4n) is 4.16. The molecule has 0 unspecified atom stereocenters. The van der Waals surface area contributed by atoms with Crippen LogP contribution in [0.2, 0.25) is 0 Å². The average molecular weight is 398 g/mol. The zero-order valence-corrected chi connectivity index (χ0v) is 17.3. The third-order valence-electron chi connectivity index (χ3n) is 6.21. The van der Waals surface area contributed by atoms with Crippen LogP contribution >= 0.6 is 0 Å². The van der Waals surface area contributed by atoms with Gasteiger partial charge in [0.05, 0.1) is 6.04 Å². The number of amides is 1. The van der Waals surface area contributed by atoms with E-state index in [0.29, 0.717) is 13.3 Å². The summed E-state index contributed by atoms with van der Waals surface area (Å²) in [6.07, 6.45) is 0. The van der Waals surface area contributed by atoms with Gasteiger partial charge in [-0.1, -0.05) is 30.3 Å². The van der Waals surface area contributed by atoms with E-state index in [9.17, 15) is 4.79 Å². The molecule has 2 aliphatic heterocycles. The number of piperazine rings is 1. The summed E-state index contributed by atoms with van der Waals surface area (Å²) in [6.45, 7) is 8.19. The first kappa shape index (κ1) is 19.7. The predicted octanol–water partition coefficient (Wildman–Crippen LogP) is -0.0817. The average Bonchev–Trinajstić information content (AvgIpc) is 3.22. The summed E-state index contributed by atoms with van der Waals surface area (Å²) in [5, 5.41) is 0. The van der Waals surface area contributed by atoms with E-state index in [-0.39, 0.29) is 11.9 Å². The van der Waals surface area contributed by atoms with Crippen LogP contribution in [0, 0.1) is 0 Å². The van der Waals surface area contributed by atoms with Crippen LogP contribution in [0.3, 0.4) is 0 Å². The summed E-state index contributed by atoms with van der Waals surface area (Å²) in [6, 6.07) is 16.5. The Morgan fingerprint density at radius 2 is 1.69 bits per heavy atom. The molecule has 0 spiro atoms. The zero-order valence-electron chi connectivity index (χ0n) is 17.3. The van der Waals surface area contributed by atoms with E-state index in [4.69, 9.17) is 9.47 Å². The van der Waals surface area contributed by atoms with Gasteiger partial charge in [-0.15, -0.1) is 0 Å². The lowest BCUT2D eigenvalue weighted by Crippen LogP contribution is -3.28. The molecule has 0 aliphatic carbocycles. The Morgan fingerprint density at radius 3 is 2.45 bits per heavy atom. The van der Waals surface area contributed by atoms with Crippen LogP contribution in [0.5, 0.6) is 11.5 Å². The number of hydrogen-bond donors (Lipinski definition) is 2. The van der Waals surface area contributed by atoms with Gasteiger partial charge < -0.3 is 24.2 Å². The van der Waals surface area contributed by atoms with E-state index in [1.165, 1.54) is 16.0 Å². The molecule has 0 bridgehead atoms. The largest absolute Gasteiger partial charge is 0.454 e. The van der Waals surface area contributed by atoms with Crippen molar-refractivity contribution in [1.29, 1.82) is 0 Å². The second-order valence-electron chi connectivity index (χ2n) is 8.13. The molecule has 2 aromatic carbocycles. The molecule has 0 saturated carbocycles. The number of quaternary nitrogens is 2. The molecule has 29 heavy (non-hydrogen) atoms. The van der Waals surface area contributed by atoms with Crippen LogP contribution < -0.4 is 19.3 Å². The first-order valence-corrected chi connectivity index (χ1v) is 10.5. The Labute approximate surface area is 172 Å². The minimum absolute atomic E-state index is 0.0982. The molecule has 6 nitrogen and oxygen atoms in total. The minimum Gasteiger partial charge on any atom is -0.454 e. The molecule has 1 fully saturated rings. The van der Waals surface area contributed by atoms with Crippen molar-refractivity contribution in [2.75, 3.05) is 46.6 Å². The molecule has 1 atom stereocenters. The maximum atomic E-state index is 12.8. The molecule has 4 rings (SSSR count). The van der Waals surface area contributed by atoms with Crippen molar-refractivity contribution in [3.8, 4) is 11.5 Å². The van der Waals surface area contributed by atoms with Gasteiger partial charge >= 0.3 is 0 Å². The highest BCUT2D eigenvalue weighted by Gasteiger charge is 2.28. The van der Waals surface area contributed by atoms with Crippen LogP contribution in [0.4, 0.5) is 0 Å². The van der Waals surface area contributed by atoms with Crippen LogP contribution in [0.15, 0.2) is 48.5 Å². The van der Waals surface area contributed by atoms with Gasteiger partial charge in [0.2, 0.25) is 6.79 Å². The number of carbonyl (C=O) groups is 1. The summed E-state index contributed by atoms with van der Waals surface area (Å²) in [4.78, 5) is 17.6. The van der Waals surface area contributed by atoms with Gasteiger partial charge in [-0.3, -0.25) is 4.79 Å². The molecule has 1 amide bonds. The van der Waals surface area contributed by atoms with E-state index in [0.717, 1.165) is 44.2 Å². The number of fused-ring (bicyclic) bond motifs is 1. The van der Waals surface area contributed by atoms with Gasteiger partial charge in [-0.05, 0) is 30.7 Å². The van der Waals surface area contributed by atoms with Crippen molar-refractivity contribution < 1.29 is 24.1 Å². The van der Waals surface area contributed by atoms with Gasteiger partial charge in [0.25, 0.3) is 5.91 Å². The van der Waals surface area contributed by atoms with Crippen molar-refractivity contribution in [2.45, 2.75) is 19.5 Å². The molecule has 2 aliphatic rings. The summed E-state index contributed by atoms with van der Waals surface area (Å²) in [7, 11) is 1.92. The lowest BCUT2D eigenvalue weighted by atomic mass is 10.1. The Bertz CT molecular complexity index is 835. The fraction of sp³-hybridized carbons (Fsp3) is 0.435. The number of nitrogens with zero attached hydrogens (tertiary/aromatic N) is 1. The minimum atomic E-state index is 0.0982. The molecule has 154 valence electrons. The number of nitrogens with one attached hydrogen (secondary N) is 2. The van der Waals surface area contributed by atoms with Gasteiger partial charge in [-0.2, -0.15) is 0 Å². The molecule has 0 radical (unpaired) electrons. The Hall–Kier alpha value is -2.57. The molecule has 0 aromatic heterocycles. The van der Waals surface area contributed by atoms with Crippen molar-refractivity contribution in [3.63, 3.8) is 0 Å². The van der Waals surface area contributed by atoms with E-state index < -0.39 is 0 Å². The zero-order chi connectivity index (χ0) is 20.2. The third kappa shape index (κ3) is 4.71. The highest BCUT2D eigenvalue weighted by atomic mass is 16.7. The highest BCUT2D eigenvalue weighted by molar-refractivity contribution is 5.77. The number of benzene rings is 2. The van der Waals surface area contributed by atoms with Crippen molar-refractivity contribution in [2.24, 2.45) is 0 Å². The number of ether oxygens (including phenoxy) is 2. The molecular weight excluding hydrogens is 366 g/mol. The van der Waals surface area contributed by atoms with E-state index in [1.807, 2.05) is 36.2 Å². The van der Waals surface area contributed by atoms with Crippen molar-refractivity contribution in [1.82, 2.24) is 4.90 Å². The second-order valence-corrected chi connectivity index (χ2v) is 8.13. The summed E-state index contributed by atoms with van der Waals surface area (Å²) in [5.74, 6) is 1.91. The third-order valence-corrected chi connectivity index (χ3v) is 6.21. The van der Waals surface area contributed by atoms with E-state index in [1.54, 1.807) is 4.90 Å². The number of carbonyl (C=O) groups excluding carboxylic acids is 1. The maximum Gasteiger partial charge on any atom is 0.278 e. The van der Waals surface area contributed by atoms with Gasteiger partial charge in [0.1, 0.15) is 32.7 Å². The number of likely N-dealkylation sites (N-methyl/N-ethyl adjacent to an activating group) is 1. The lowest BCUT2D eigenvalue weighted by molar-refractivity contribution is -1.02. The Morgan fingerprint density at radius 1 is 1.00 bits per heavy atom. The van der Waals surface area contributed by atoms with E-state index in [2.05, 4.69) is 31.2 Å². The molecule has 2 N–H and O–H groups in total. The lowest BCUT2D eigenvalue weighted by Gasteiger charge is -2.31.